The lowest BCUT2D eigenvalue weighted by atomic mass is 10.1. The lowest BCUT2D eigenvalue weighted by Crippen LogP contribution is -2.23. The zero-order valence-electron chi connectivity index (χ0n) is 11.7. The van der Waals surface area contributed by atoms with Gasteiger partial charge < -0.3 is 0 Å². The van der Waals surface area contributed by atoms with Crippen LogP contribution in [0.3, 0.4) is 0 Å². The maximum Gasteiger partial charge on any atom is 0.266 e. The van der Waals surface area contributed by atoms with Gasteiger partial charge in [-0.05, 0) is 36.2 Å². The molecule has 0 spiro atoms. The molecule has 0 aliphatic carbocycles. The molecule has 0 aliphatic rings. The largest absolute Gasteiger partial charge is 0.268 e. The number of hydrogen-bond acceptors (Lipinski definition) is 2. The molecule has 3 nitrogen and oxygen atoms in total. The molecule has 0 saturated carbocycles. The first-order valence-electron chi connectivity index (χ1n) is 6.90. The van der Waals surface area contributed by atoms with E-state index in [2.05, 4.69) is 11.9 Å². The summed E-state index contributed by atoms with van der Waals surface area (Å²) in [7, 11) is 0. The first kappa shape index (κ1) is 13.8. The fourth-order valence-electron chi connectivity index (χ4n) is 2.42. The Morgan fingerprint density at radius 2 is 1.81 bits per heavy atom. The number of nitrogens with zero attached hydrogens (tertiary/aromatic N) is 2. The highest BCUT2D eigenvalue weighted by atomic mass is 35.5. The molecule has 106 valence electrons. The summed E-state index contributed by atoms with van der Waals surface area (Å²) in [6, 6.07) is 15.3. The van der Waals surface area contributed by atoms with E-state index >= 15 is 0 Å². The monoisotopic (exact) mass is 298 g/mol. The Balaban J connectivity index is 2.29. The zero-order chi connectivity index (χ0) is 14.8. The van der Waals surface area contributed by atoms with Crippen LogP contribution in [0.2, 0.25) is 0 Å². The molecule has 0 atom stereocenters. The third kappa shape index (κ3) is 2.45. The fraction of sp³-hybridized carbons (Fsp3) is 0.176. The lowest BCUT2D eigenvalue weighted by molar-refractivity contribution is 0.880. The average molecular weight is 299 g/mol. The molecule has 4 heteroatoms. The van der Waals surface area contributed by atoms with Crippen molar-refractivity contribution in [1.29, 1.82) is 0 Å². The van der Waals surface area contributed by atoms with Crippen LogP contribution in [0.4, 0.5) is 0 Å². The van der Waals surface area contributed by atoms with Gasteiger partial charge in [0.1, 0.15) is 5.82 Å². The molecule has 1 aromatic heterocycles. The molecule has 1 heterocycles. The summed E-state index contributed by atoms with van der Waals surface area (Å²) < 4.78 is 1.59. The molecule has 0 radical (unpaired) electrons. The molecular weight excluding hydrogens is 284 g/mol. The van der Waals surface area contributed by atoms with Crippen LogP contribution in [0.25, 0.3) is 16.6 Å². The molecule has 2 aromatic carbocycles. The van der Waals surface area contributed by atoms with Crippen molar-refractivity contribution in [1.82, 2.24) is 9.55 Å². The summed E-state index contributed by atoms with van der Waals surface area (Å²) in [5, 5.41) is 0.603. The van der Waals surface area contributed by atoms with Crippen LogP contribution in [0, 0.1) is 0 Å². The Hall–Kier alpha value is -2.13. The highest BCUT2D eigenvalue weighted by Crippen LogP contribution is 2.15. The third-order valence-corrected chi connectivity index (χ3v) is 3.81. The molecule has 21 heavy (non-hydrogen) atoms. The number of alkyl halides is 1. The van der Waals surface area contributed by atoms with E-state index in [1.165, 1.54) is 5.56 Å². The second-order valence-corrected chi connectivity index (χ2v) is 5.11. The van der Waals surface area contributed by atoms with E-state index in [1.807, 2.05) is 42.5 Å². The van der Waals surface area contributed by atoms with E-state index in [-0.39, 0.29) is 11.4 Å². The molecule has 0 bridgehead atoms. The van der Waals surface area contributed by atoms with Crippen LogP contribution in [0.1, 0.15) is 18.3 Å². The van der Waals surface area contributed by atoms with Gasteiger partial charge in [-0.3, -0.25) is 9.36 Å². The van der Waals surface area contributed by atoms with Crippen molar-refractivity contribution in [3.8, 4) is 5.69 Å². The van der Waals surface area contributed by atoms with Gasteiger partial charge in [0.05, 0.1) is 22.5 Å². The smallest absolute Gasteiger partial charge is 0.266 e. The third-order valence-electron chi connectivity index (χ3n) is 3.57. The highest BCUT2D eigenvalue weighted by molar-refractivity contribution is 6.16. The molecule has 0 fully saturated rings. The summed E-state index contributed by atoms with van der Waals surface area (Å²) in [6.07, 6.45) is 0.966. The van der Waals surface area contributed by atoms with Gasteiger partial charge >= 0.3 is 0 Å². The Bertz CT molecular complexity index is 838. The zero-order valence-corrected chi connectivity index (χ0v) is 12.5. The Kier molecular flexibility index (Phi) is 3.76. The van der Waals surface area contributed by atoms with E-state index in [9.17, 15) is 4.79 Å². The van der Waals surface area contributed by atoms with E-state index < -0.39 is 0 Å². The quantitative estimate of drug-likeness (QED) is 0.691. The molecule has 3 aromatic rings. The van der Waals surface area contributed by atoms with Gasteiger partial charge in [-0.1, -0.05) is 31.2 Å². The number of fused-ring (bicyclic) bond motifs is 1. The number of rotatable bonds is 3. The minimum absolute atomic E-state index is 0.0829. The molecule has 3 rings (SSSR count). The Morgan fingerprint density at radius 3 is 2.48 bits per heavy atom. The van der Waals surface area contributed by atoms with E-state index in [1.54, 1.807) is 10.6 Å². The van der Waals surface area contributed by atoms with E-state index in [0.717, 1.165) is 12.1 Å². The van der Waals surface area contributed by atoms with Crippen molar-refractivity contribution in [2.75, 3.05) is 0 Å². The number of benzene rings is 2. The van der Waals surface area contributed by atoms with Crippen molar-refractivity contribution in [2.24, 2.45) is 0 Å². The summed E-state index contributed by atoms with van der Waals surface area (Å²) >= 11 is 5.99. The summed E-state index contributed by atoms with van der Waals surface area (Å²) in [5.74, 6) is 0.750. The predicted octanol–water partition coefficient (Wildman–Crippen LogP) is 3.69. The van der Waals surface area contributed by atoms with Crippen molar-refractivity contribution in [3.05, 3.63) is 70.3 Å². The number of aromatic nitrogens is 2. The lowest BCUT2D eigenvalue weighted by Gasteiger charge is -2.12. The van der Waals surface area contributed by atoms with Crippen molar-refractivity contribution < 1.29 is 0 Å². The number of halogens is 1. The van der Waals surface area contributed by atoms with Crippen LogP contribution >= 0.6 is 11.6 Å². The standard InChI is InChI=1S/C17H15ClN2O/c1-2-12-7-9-13(10-8-12)20-16(11-18)19-15-6-4-3-5-14(15)17(20)21/h3-10H,2,11H2,1H3. The topological polar surface area (TPSA) is 34.9 Å². The van der Waals surface area contributed by atoms with Crippen LogP contribution in [-0.2, 0) is 12.3 Å². The molecule has 0 saturated heterocycles. The van der Waals surface area contributed by atoms with Gasteiger partial charge in [-0.25, -0.2) is 4.98 Å². The van der Waals surface area contributed by atoms with Gasteiger partial charge in [0.15, 0.2) is 0 Å². The minimum Gasteiger partial charge on any atom is -0.268 e. The molecule has 0 N–H and O–H groups in total. The Labute approximate surface area is 127 Å². The summed E-state index contributed by atoms with van der Waals surface area (Å²) in [4.78, 5) is 17.2. The van der Waals surface area contributed by atoms with Gasteiger partial charge in [-0.2, -0.15) is 0 Å². The molecule has 0 aliphatic heterocycles. The van der Waals surface area contributed by atoms with E-state index in [0.29, 0.717) is 16.7 Å². The van der Waals surface area contributed by atoms with Crippen molar-refractivity contribution >= 4 is 22.5 Å². The molecule has 0 unspecified atom stereocenters. The molecule has 0 amide bonds. The van der Waals surface area contributed by atoms with Crippen molar-refractivity contribution in [3.63, 3.8) is 0 Å². The number of hydrogen-bond donors (Lipinski definition) is 0. The SMILES string of the molecule is CCc1ccc(-n2c(CCl)nc3ccccc3c2=O)cc1. The van der Waals surface area contributed by atoms with Gasteiger partial charge in [-0.15, -0.1) is 11.6 Å². The van der Waals surface area contributed by atoms with Crippen LogP contribution in [0.15, 0.2) is 53.3 Å². The predicted molar refractivity (Wildman–Crippen MR) is 86.3 cm³/mol. The second-order valence-electron chi connectivity index (χ2n) is 4.84. The Morgan fingerprint density at radius 1 is 1.10 bits per heavy atom. The van der Waals surface area contributed by atoms with E-state index in [4.69, 9.17) is 11.6 Å². The van der Waals surface area contributed by atoms with Gasteiger partial charge in [0.25, 0.3) is 5.56 Å². The normalized spacial score (nSPS) is 11.0. The maximum atomic E-state index is 12.7. The van der Waals surface area contributed by atoms with Crippen molar-refractivity contribution in [2.45, 2.75) is 19.2 Å². The highest BCUT2D eigenvalue weighted by Gasteiger charge is 2.11. The minimum atomic E-state index is -0.0829. The average Bonchev–Trinajstić information content (AvgIpc) is 2.55. The van der Waals surface area contributed by atoms with Crippen LogP contribution in [-0.4, -0.2) is 9.55 Å². The maximum absolute atomic E-state index is 12.7. The summed E-state index contributed by atoms with van der Waals surface area (Å²) in [5.41, 5.74) is 2.62. The van der Waals surface area contributed by atoms with Crippen LogP contribution in [0.5, 0.6) is 0 Å². The molecular formula is C17H15ClN2O. The summed E-state index contributed by atoms with van der Waals surface area (Å²) in [6.45, 7) is 2.10. The number of aryl methyl sites for hydroxylation is 1. The first-order chi connectivity index (χ1) is 10.2. The van der Waals surface area contributed by atoms with Gasteiger partial charge in [0.2, 0.25) is 0 Å². The van der Waals surface area contributed by atoms with Gasteiger partial charge in [0, 0.05) is 0 Å². The van der Waals surface area contributed by atoms with Crippen LogP contribution < -0.4 is 5.56 Å². The first-order valence-corrected chi connectivity index (χ1v) is 7.44. The number of para-hydroxylation sites is 1. The second kappa shape index (κ2) is 5.70. The fourth-order valence-corrected chi connectivity index (χ4v) is 2.59.